The van der Waals surface area contributed by atoms with E-state index in [0.29, 0.717) is 5.56 Å². The van der Waals surface area contributed by atoms with Gasteiger partial charge in [-0.2, -0.15) is 0 Å². The van der Waals surface area contributed by atoms with Gasteiger partial charge in [0.15, 0.2) is 0 Å². The van der Waals surface area contributed by atoms with Crippen molar-refractivity contribution in [3.63, 3.8) is 0 Å². The summed E-state index contributed by atoms with van der Waals surface area (Å²) in [6.07, 6.45) is 4.74. The van der Waals surface area contributed by atoms with E-state index >= 15 is 0 Å². The number of carboxylic acids is 1. The molecule has 2 aromatic heterocycles. The van der Waals surface area contributed by atoms with Crippen LogP contribution >= 0.6 is 11.3 Å². The molecule has 0 atom stereocenters. The van der Waals surface area contributed by atoms with Crippen molar-refractivity contribution < 1.29 is 9.90 Å². The smallest absolute Gasteiger partial charge is 0.336 e. The number of rotatable bonds is 4. The number of hydrogen-bond donors (Lipinski definition) is 1. The maximum absolute atomic E-state index is 11.0. The first-order chi connectivity index (χ1) is 8.16. The number of aryl methyl sites for hydroxylation is 3. The van der Waals surface area contributed by atoms with Crippen molar-refractivity contribution in [3.05, 3.63) is 51.5 Å². The molecule has 0 saturated carbocycles. The third-order valence-electron chi connectivity index (χ3n) is 2.57. The molecule has 0 fully saturated rings. The summed E-state index contributed by atoms with van der Waals surface area (Å²) in [6, 6.07) is 5.73. The molecule has 0 aliphatic rings. The molecule has 0 bridgehead atoms. The fraction of sp³-hybridized carbons (Fsp3) is 0.231. The van der Waals surface area contributed by atoms with Gasteiger partial charge < -0.3 is 5.11 Å². The molecular formula is C13H13NO2S. The minimum absolute atomic E-state index is 0.355. The maximum Gasteiger partial charge on any atom is 0.336 e. The lowest BCUT2D eigenvalue weighted by atomic mass is 10.1. The molecule has 0 aliphatic carbocycles. The summed E-state index contributed by atoms with van der Waals surface area (Å²) in [5, 5.41) is 9.04. The second-order valence-electron chi connectivity index (χ2n) is 3.85. The number of carboxylic acid groups (broad SMARTS) is 1. The monoisotopic (exact) mass is 247 g/mol. The van der Waals surface area contributed by atoms with Crippen LogP contribution in [-0.4, -0.2) is 16.1 Å². The van der Waals surface area contributed by atoms with Gasteiger partial charge in [0.05, 0.1) is 5.56 Å². The summed E-state index contributed by atoms with van der Waals surface area (Å²) in [5.74, 6) is -0.884. The van der Waals surface area contributed by atoms with E-state index in [-0.39, 0.29) is 0 Å². The minimum atomic E-state index is -0.884. The summed E-state index contributed by atoms with van der Waals surface area (Å²) < 4.78 is 0. The molecule has 3 nitrogen and oxygen atoms in total. The van der Waals surface area contributed by atoms with Crippen molar-refractivity contribution in [3.8, 4) is 0 Å². The van der Waals surface area contributed by atoms with Crippen LogP contribution in [0.3, 0.4) is 0 Å². The van der Waals surface area contributed by atoms with Crippen LogP contribution in [0.5, 0.6) is 0 Å². The summed E-state index contributed by atoms with van der Waals surface area (Å²) in [5.41, 5.74) is 1.15. The fourth-order valence-corrected chi connectivity index (χ4v) is 2.60. The third-order valence-corrected chi connectivity index (χ3v) is 3.63. The largest absolute Gasteiger partial charge is 0.478 e. The number of aromatic carboxylic acids is 1. The molecule has 0 aliphatic heterocycles. The van der Waals surface area contributed by atoms with Crippen molar-refractivity contribution in [1.82, 2.24) is 4.98 Å². The van der Waals surface area contributed by atoms with Crippen LogP contribution < -0.4 is 0 Å². The highest BCUT2D eigenvalue weighted by molar-refractivity contribution is 7.11. The highest BCUT2D eigenvalue weighted by Gasteiger charge is 2.09. The van der Waals surface area contributed by atoms with Gasteiger partial charge in [-0.25, -0.2) is 4.79 Å². The predicted octanol–water partition coefficient (Wildman–Crippen LogP) is 2.93. The highest BCUT2D eigenvalue weighted by atomic mass is 32.1. The minimum Gasteiger partial charge on any atom is -0.478 e. The molecule has 88 valence electrons. The van der Waals surface area contributed by atoms with E-state index in [4.69, 9.17) is 5.11 Å². The highest BCUT2D eigenvalue weighted by Crippen LogP contribution is 2.18. The zero-order valence-electron chi connectivity index (χ0n) is 9.51. The molecule has 2 heterocycles. The van der Waals surface area contributed by atoms with Crippen LogP contribution in [0.4, 0.5) is 0 Å². The van der Waals surface area contributed by atoms with E-state index in [1.54, 1.807) is 23.6 Å². The summed E-state index contributed by atoms with van der Waals surface area (Å²) in [6.45, 7) is 2.07. The first-order valence-electron chi connectivity index (χ1n) is 5.38. The van der Waals surface area contributed by atoms with E-state index in [0.717, 1.165) is 18.4 Å². The molecule has 0 saturated heterocycles. The Bertz CT molecular complexity index is 534. The van der Waals surface area contributed by atoms with Gasteiger partial charge in [-0.1, -0.05) is 0 Å². The predicted molar refractivity (Wildman–Crippen MR) is 67.7 cm³/mol. The Kier molecular flexibility index (Phi) is 3.54. The molecule has 1 N–H and O–H groups in total. The van der Waals surface area contributed by atoms with Crippen LogP contribution in [0.2, 0.25) is 0 Å². The molecular weight excluding hydrogens is 234 g/mol. The van der Waals surface area contributed by atoms with Gasteiger partial charge >= 0.3 is 5.97 Å². The standard InChI is InChI=1S/C13H13NO2S/c1-9-2-4-11(17-9)5-3-10-8-14-7-6-12(10)13(15)16/h2,4,6-8H,3,5H2,1H3,(H,15,16). The van der Waals surface area contributed by atoms with Crippen molar-refractivity contribution in [2.24, 2.45) is 0 Å². The normalized spacial score (nSPS) is 10.4. The molecule has 0 amide bonds. The van der Waals surface area contributed by atoms with Gasteiger partial charge in [-0.05, 0) is 43.5 Å². The SMILES string of the molecule is Cc1ccc(CCc2cnccc2C(=O)O)s1. The lowest BCUT2D eigenvalue weighted by molar-refractivity contribution is 0.0695. The first kappa shape index (κ1) is 11.8. The lowest BCUT2D eigenvalue weighted by Gasteiger charge is -2.03. The van der Waals surface area contributed by atoms with E-state index in [9.17, 15) is 4.79 Å². The van der Waals surface area contributed by atoms with Gasteiger partial charge in [0, 0.05) is 22.1 Å². The van der Waals surface area contributed by atoms with Gasteiger partial charge in [0.2, 0.25) is 0 Å². The number of pyridine rings is 1. The topological polar surface area (TPSA) is 50.2 Å². The molecule has 17 heavy (non-hydrogen) atoms. The Morgan fingerprint density at radius 2 is 2.18 bits per heavy atom. The van der Waals surface area contributed by atoms with Crippen LogP contribution in [-0.2, 0) is 12.8 Å². The van der Waals surface area contributed by atoms with Crippen LogP contribution in [0.25, 0.3) is 0 Å². The number of nitrogens with zero attached hydrogens (tertiary/aromatic N) is 1. The quantitative estimate of drug-likeness (QED) is 0.903. The Morgan fingerprint density at radius 1 is 1.35 bits per heavy atom. The zero-order valence-corrected chi connectivity index (χ0v) is 10.3. The van der Waals surface area contributed by atoms with E-state index in [2.05, 4.69) is 24.0 Å². The van der Waals surface area contributed by atoms with Gasteiger partial charge in [0.1, 0.15) is 0 Å². The lowest BCUT2D eigenvalue weighted by Crippen LogP contribution is -2.03. The van der Waals surface area contributed by atoms with Crippen molar-refractivity contribution in [1.29, 1.82) is 0 Å². The Hall–Kier alpha value is -1.68. The fourth-order valence-electron chi connectivity index (χ4n) is 1.71. The van der Waals surface area contributed by atoms with Crippen LogP contribution in [0.15, 0.2) is 30.6 Å². The van der Waals surface area contributed by atoms with E-state index in [1.807, 2.05) is 0 Å². The average molecular weight is 247 g/mol. The molecule has 4 heteroatoms. The molecule has 0 spiro atoms. The van der Waals surface area contributed by atoms with Gasteiger partial charge in [0.25, 0.3) is 0 Å². The number of aromatic nitrogens is 1. The molecule has 0 unspecified atom stereocenters. The van der Waals surface area contributed by atoms with Crippen molar-refractivity contribution in [2.75, 3.05) is 0 Å². The van der Waals surface area contributed by atoms with E-state index < -0.39 is 5.97 Å². The molecule has 2 aromatic rings. The summed E-state index contributed by atoms with van der Waals surface area (Å²) in [7, 11) is 0. The molecule has 0 aromatic carbocycles. The van der Waals surface area contributed by atoms with Crippen molar-refractivity contribution >= 4 is 17.3 Å². The Balaban J connectivity index is 2.11. The second kappa shape index (κ2) is 5.10. The molecule has 2 rings (SSSR count). The maximum atomic E-state index is 11.0. The third kappa shape index (κ3) is 2.91. The summed E-state index contributed by atoms with van der Waals surface area (Å²) >= 11 is 1.75. The van der Waals surface area contributed by atoms with Crippen LogP contribution in [0.1, 0.15) is 25.7 Å². The average Bonchev–Trinajstić information content (AvgIpc) is 2.73. The van der Waals surface area contributed by atoms with Crippen molar-refractivity contribution in [2.45, 2.75) is 19.8 Å². The first-order valence-corrected chi connectivity index (χ1v) is 6.20. The molecule has 0 radical (unpaired) electrons. The van der Waals surface area contributed by atoms with Gasteiger partial charge in [-0.3, -0.25) is 4.98 Å². The van der Waals surface area contributed by atoms with E-state index in [1.165, 1.54) is 16.0 Å². The second-order valence-corrected chi connectivity index (χ2v) is 5.22. The Labute approximate surface area is 104 Å². The summed E-state index contributed by atoms with van der Waals surface area (Å²) in [4.78, 5) is 17.6. The number of thiophene rings is 1. The number of hydrogen-bond acceptors (Lipinski definition) is 3. The van der Waals surface area contributed by atoms with Crippen LogP contribution in [0, 0.1) is 6.92 Å². The zero-order chi connectivity index (χ0) is 12.3. The number of carbonyl (C=O) groups is 1. The van der Waals surface area contributed by atoms with Gasteiger partial charge in [-0.15, -0.1) is 11.3 Å². The Morgan fingerprint density at radius 3 is 2.82 bits per heavy atom.